The van der Waals surface area contributed by atoms with E-state index in [9.17, 15) is 13.2 Å². The van der Waals surface area contributed by atoms with Gasteiger partial charge in [0.1, 0.15) is 0 Å². The Bertz CT molecular complexity index is 346. The maximum Gasteiger partial charge on any atom is 0.323 e. The van der Waals surface area contributed by atoms with Crippen LogP contribution in [0.2, 0.25) is 0 Å². The summed E-state index contributed by atoms with van der Waals surface area (Å²) in [5, 5.41) is 3.61. The summed E-state index contributed by atoms with van der Waals surface area (Å²) in [5.41, 5.74) is 0.506. The highest BCUT2D eigenvalue weighted by Gasteiger charge is 2.31. The van der Waals surface area contributed by atoms with Crippen molar-refractivity contribution < 1.29 is 13.2 Å². The molecule has 6 nitrogen and oxygen atoms in total. The molecule has 0 bridgehead atoms. The maximum atomic E-state index is 11.3. The van der Waals surface area contributed by atoms with Crippen LogP contribution in [0.1, 0.15) is 20.3 Å². The van der Waals surface area contributed by atoms with Crippen LogP contribution in [0.4, 0.5) is 0 Å². The van der Waals surface area contributed by atoms with Gasteiger partial charge in [0.25, 0.3) is 5.91 Å². The van der Waals surface area contributed by atoms with E-state index in [2.05, 4.69) is 9.82 Å². The van der Waals surface area contributed by atoms with E-state index in [1.165, 1.54) is 0 Å². The predicted molar refractivity (Wildman–Crippen MR) is 47.2 cm³/mol. The fourth-order valence-corrected chi connectivity index (χ4v) is 2.03. The van der Waals surface area contributed by atoms with E-state index in [4.69, 9.17) is 0 Å². The first-order valence-corrected chi connectivity index (χ1v) is 5.28. The molecule has 0 aromatic carbocycles. The Morgan fingerprint density at radius 2 is 2.23 bits per heavy atom. The van der Waals surface area contributed by atoms with Crippen molar-refractivity contribution in [3.63, 3.8) is 0 Å². The van der Waals surface area contributed by atoms with Gasteiger partial charge >= 0.3 is 10.2 Å². The van der Waals surface area contributed by atoms with Crippen LogP contribution in [0.25, 0.3) is 0 Å². The van der Waals surface area contributed by atoms with Crippen LogP contribution in [0.3, 0.4) is 0 Å². The molecule has 1 rings (SSSR count). The van der Waals surface area contributed by atoms with Gasteiger partial charge in [0.05, 0.1) is 6.42 Å². The summed E-state index contributed by atoms with van der Waals surface area (Å²) in [6.07, 6.45) is 0.0740. The number of hydrogen-bond acceptors (Lipinski definition) is 4. The second kappa shape index (κ2) is 3.43. The number of carbonyl (C=O) groups is 1. The fraction of sp³-hybridized carbons (Fsp3) is 0.667. The third-order valence-electron chi connectivity index (χ3n) is 1.44. The minimum Gasteiger partial charge on any atom is -0.271 e. The molecule has 0 aliphatic carbocycles. The van der Waals surface area contributed by atoms with Crippen LogP contribution in [-0.4, -0.2) is 31.0 Å². The highest BCUT2D eigenvalue weighted by Crippen LogP contribution is 2.11. The van der Waals surface area contributed by atoms with Crippen molar-refractivity contribution in [3.8, 4) is 0 Å². The smallest absolute Gasteiger partial charge is 0.271 e. The van der Waals surface area contributed by atoms with E-state index < -0.39 is 16.1 Å². The normalized spacial score (nSPS) is 17.8. The van der Waals surface area contributed by atoms with Crippen molar-refractivity contribution in [1.82, 2.24) is 9.14 Å². The molecule has 1 N–H and O–H groups in total. The largest absolute Gasteiger partial charge is 0.323 e. The Labute approximate surface area is 76.8 Å². The van der Waals surface area contributed by atoms with Crippen molar-refractivity contribution in [2.75, 3.05) is 6.54 Å². The van der Waals surface area contributed by atoms with Gasteiger partial charge in [0, 0.05) is 12.3 Å². The van der Waals surface area contributed by atoms with Crippen LogP contribution >= 0.6 is 0 Å². The molecule has 0 fully saturated rings. The SMILES string of the molecule is CCNS(=O)(=O)N1N=C(C)CC1=O. The summed E-state index contributed by atoms with van der Waals surface area (Å²) in [4.78, 5) is 11.1. The van der Waals surface area contributed by atoms with Crippen molar-refractivity contribution in [2.45, 2.75) is 20.3 Å². The number of nitrogens with zero attached hydrogens (tertiary/aromatic N) is 2. The van der Waals surface area contributed by atoms with Gasteiger partial charge in [0.15, 0.2) is 0 Å². The van der Waals surface area contributed by atoms with Gasteiger partial charge in [-0.25, -0.2) is 0 Å². The number of nitrogens with one attached hydrogen (secondary N) is 1. The van der Waals surface area contributed by atoms with Crippen molar-refractivity contribution in [3.05, 3.63) is 0 Å². The average molecular weight is 205 g/mol. The fourth-order valence-electron chi connectivity index (χ4n) is 0.964. The topological polar surface area (TPSA) is 78.8 Å². The molecule has 0 atom stereocenters. The molecule has 1 aliphatic heterocycles. The first-order chi connectivity index (χ1) is 5.97. The van der Waals surface area contributed by atoms with E-state index in [1.54, 1.807) is 13.8 Å². The monoisotopic (exact) mass is 205 g/mol. The van der Waals surface area contributed by atoms with Crippen molar-refractivity contribution in [1.29, 1.82) is 0 Å². The maximum absolute atomic E-state index is 11.3. The molecular formula is C6H11N3O3S. The molecule has 0 radical (unpaired) electrons. The Morgan fingerprint density at radius 3 is 2.62 bits per heavy atom. The Hall–Kier alpha value is -0.950. The molecule has 0 saturated carbocycles. The minimum atomic E-state index is -3.75. The van der Waals surface area contributed by atoms with E-state index in [-0.39, 0.29) is 13.0 Å². The molecule has 0 unspecified atom stereocenters. The molecule has 13 heavy (non-hydrogen) atoms. The summed E-state index contributed by atoms with van der Waals surface area (Å²) >= 11 is 0. The quantitative estimate of drug-likeness (QED) is 0.671. The van der Waals surface area contributed by atoms with E-state index in [0.717, 1.165) is 0 Å². The zero-order valence-corrected chi connectivity index (χ0v) is 8.26. The van der Waals surface area contributed by atoms with Crippen LogP contribution in [0.5, 0.6) is 0 Å². The molecule has 1 amide bonds. The Balaban J connectivity index is 2.90. The molecule has 1 aliphatic rings. The van der Waals surface area contributed by atoms with Crippen molar-refractivity contribution in [2.24, 2.45) is 5.10 Å². The van der Waals surface area contributed by atoms with E-state index >= 15 is 0 Å². The van der Waals surface area contributed by atoms with Gasteiger partial charge < -0.3 is 0 Å². The van der Waals surface area contributed by atoms with Gasteiger partial charge in [-0.15, -0.1) is 4.41 Å². The molecule has 0 aromatic heterocycles. The Morgan fingerprint density at radius 1 is 1.62 bits per heavy atom. The molecule has 7 heteroatoms. The zero-order chi connectivity index (χ0) is 10.1. The van der Waals surface area contributed by atoms with Crippen LogP contribution in [0, 0.1) is 0 Å². The second-order valence-electron chi connectivity index (χ2n) is 2.65. The van der Waals surface area contributed by atoms with Gasteiger partial charge in [-0.2, -0.15) is 18.2 Å². The molecule has 0 aromatic rings. The van der Waals surface area contributed by atoms with Gasteiger partial charge in [-0.3, -0.25) is 4.79 Å². The second-order valence-corrected chi connectivity index (χ2v) is 4.24. The summed E-state index contributed by atoms with van der Waals surface area (Å²) < 4.78 is 25.2. The lowest BCUT2D eigenvalue weighted by Gasteiger charge is -2.11. The predicted octanol–water partition coefficient (Wildman–Crippen LogP) is -0.551. The molecule has 1 heterocycles. The van der Waals surface area contributed by atoms with Gasteiger partial charge in [0.2, 0.25) is 0 Å². The number of hydrogen-bond donors (Lipinski definition) is 1. The molecule has 0 spiro atoms. The Kier molecular flexibility index (Phi) is 2.67. The van der Waals surface area contributed by atoms with Crippen LogP contribution < -0.4 is 4.72 Å². The van der Waals surface area contributed by atoms with E-state index in [0.29, 0.717) is 10.1 Å². The molecular weight excluding hydrogens is 194 g/mol. The third kappa shape index (κ3) is 2.04. The first kappa shape index (κ1) is 10.1. The van der Waals surface area contributed by atoms with Crippen LogP contribution in [0.15, 0.2) is 5.10 Å². The first-order valence-electron chi connectivity index (χ1n) is 3.84. The number of amides is 1. The summed E-state index contributed by atoms with van der Waals surface area (Å²) in [7, 11) is -3.75. The van der Waals surface area contributed by atoms with Crippen molar-refractivity contribution >= 4 is 21.8 Å². The van der Waals surface area contributed by atoms with Gasteiger partial charge in [-0.05, 0) is 6.92 Å². The lowest BCUT2D eigenvalue weighted by Crippen LogP contribution is -2.38. The average Bonchev–Trinajstić information content (AvgIpc) is 2.30. The third-order valence-corrected chi connectivity index (χ3v) is 2.83. The van der Waals surface area contributed by atoms with Gasteiger partial charge in [-0.1, -0.05) is 6.92 Å². The summed E-state index contributed by atoms with van der Waals surface area (Å²) in [6.45, 7) is 3.48. The summed E-state index contributed by atoms with van der Waals surface area (Å²) in [6, 6.07) is 0. The van der Waals surface area contributed by atoms with Crippen LogP contribution in [-0.2, 0) is 15.0 Å². The molecule has 74 valence electrons. The highest BCUT2D eigenvalue weighted by atomic mass is 32.2. The number of hydrazone groups is 1. The zero-order valence-electron chi connectivity index (χ0n) is 7.44. The minimum absolute atomic E-state index is 0.0740. The van der Waals surface area contributed by atoms with E-state index in [1.807, 2.05) is 0 Å². The standard InChI is InChI=1S/C6H11N3O3S/c1-3-7-13(11,12)9-6(10)4-5(2)8-9/h7H,3-4H2,1-2H3. The summed E-state index contributed by atoms with van der Waals surface area (Å²) in [5.74, 6) is -0.515. The number of carbonyl (C=O) groups excluding carboxylic acids is 1. The number of rotatable bonds is 3. The molecule has 0 saturated heterocycles. The highest BCUT2D eigenvalue weighted by molar-refractivity contribution is 7.87. The lowest BCUT2D eigenvalue weighted by atomic mass is 10.3. The lowest BCUT2D eigenvalue weighted by molar-refractivity contribution is -0.124.